The standard InChI is InChI=1S/C15H24ClNO2/c1-8(6-12(18)11(4)17)14-10(3)15(16)9(2)7-13(14)19-5/h7-8,11-12,18H,6,17H2,1-5H3. The molecule has 1 aromatic carbocycles. The van der Waals surface area contributed by atoms with Crippen molar-refractivity contribution >= 4 is 11.6 Å². The second-order valence-electron chi connectivity index (χ2n) is 5.31. The molecule has 0 radical (unpaired) electrons. The van der Waals surface area contributed by atoms with Crippen LogP contribution < -0.4 is 10.5 Å². The molecule has 0 aliphatic heterocycles. The zero-order chi connectivity index (χ0) is 14.7. The van der Waals surface area contributed by atoms with Crippen molar-refractivity contribution in [2.24, 2.45) is 5.73 Å². The first kappa shape index (κ1) is 16.3. The van der Waals surface area contributed by atoms with Gasteiger partial charge in [0.25, 0.3) is 0 Å². The Bertz CT molecular complexity index is 446. The third-order valence-electron chi connectivity index (χ3n) is 3.61. The van der Waals surface area contributed by atoms with Crippen LogP contribution in [0.25, 0.3) is 0 Å². The molecule has 3 unspecified atom stereocenters. The first-order valence-electron chi connectivity index (χ1n) is 6.56. The molecule has 3 atom stereocenters. The van der Waals surface area contributed by atoms with Gasteiger partial charge in [0.1, 0.15) is 5.75 Å². The Hall–Kier alpha value is -0.770. The molecule has 0 aliphatic rings. The Balaban J connectivity index is 3.14. The highest BCUT2D eigenvalue weighted by atomic mass is 35.5. The van der Waals surface area contributed by atoms with Crippen molar-refractivity contribution in [2.45, 2.75) is 52.2 Å². The number of benzene rings is 1. The average Bonchev–Trinajstić information content (AvgIpc) is 2.34. The lowest BCUT2D eigenvalue weighted by Gasteiger charge is -2.24. The zero-order valence-corrected chi connectivity index (χ0v) is 13.1. The number of ether oxygens (including phenoxy) is 1. The number of aryl methyl sites for hydroxylation is 1. The second-order valence-corrected chi connectivity index (χ2v) is 5.69. The summed E-state index contributed by atoms with van der Waals surface area (Å²) in [7, 11) is 1.65. The van der Waals surface area contributed by atoms with Crippen LogP contribution in [0.15, 0.2) is 6.07 Å². The van der Waals surface area contributed by atoms with Gasteiger partial charge in [0, 0.05) is 16.6 Å². The van der Waals surface area contributed by atoms with E-state index in [1.165, 1.54) is 0 Å². The first-order chi connectivity index (χ1) is 8.79. The van der Waals surface area contributed by atoms with Gasteiger partial charge in [-0.3, -0.25) is 0 Å². The van der Waals surface area contributed by atoms with Crippen molar-refractivity contribution in [2.75, 3.05) is 7.11 Å². The van der Waals surface area contributed by atoms with Crippen LogP contribution in [0.2, 0.25) is 5.02 Å². The molecule has 1 aromatic rings. The van der Waals surface area contributed by atoms with Gasteiger partial charge in [-0.1, -0.05) is 18.5 Å². The predicted octanol–water partition coefficient (Wildman–Crippen LogP) is 3.17. The van der Waals surface area contributed by atoms with Gasteiger partial charge in [0.05, 0.1) is 13.2 Å². The first-order valence-corrected chi connectivity index (χ1v) is 6.94. The number of aliphatic hydroxyl groups excluding tert-OH is 1. The maximum Gasteiger partial charge on any atom is 0.122 e. The fraction of sp³-hybridized carbons (Fsp3) is 0.600. The fourth-order valence-corrected chi connectivity index (χ4v) is 2.57. The van der Waals surface area contributed by atoms with Gasteiger partial charge < -0.3 is 15.6 Å². The minimum atomic E-state index is -0.529. The van der Waals surface area contributed by atoms with Crippen molar-refractivity contribution in [3.63, 3.8) is 0 Å². The number of nitrogens with two attached hydrogens (primary N) is 1. The third kappa shape index (κ3) is 3.62. The van der Waals surface area contributed by atoms with Gasteiger partial charge >= 0.3 is 0 Å². The number of aliphatic hydroxyl groups is 1. The predicted molar refractivity (Wildman–Crippen MR) is 80.2 cm³/mol. The van der Waals surface area contributed by atoms with E-state index >= 15 is 0 Å². The number of hydrogen-bond acceptors (Lipinski definition) is 3. The summed E-state index contributed by atoms with van der Waals surface area (Å²) in [5, 5.41) is 10.7. The molecule has 0 saturated heterocycles. The van der Waals surface area contributed by atoms with Crippen LogP contribution in [0.1, 0.15) is 42.9 Å². The molecule has 0 spiro atoms. The highest BCUT2D eigenvalue weighted by Gasteiger charge is 2.22. The average molecular weight is 286 g/mol. The van der Waals surface area contributed by atoms with Gasteiger partial charge in [0.15, 0.2) is 0 Å². The van der Waals surface area contributed by atoms with Crippen LogP contribution in [0.3, 0.4) is 0 Å². The summed E-state index contributed by atoms with van der Waals surface area (Å²) in [5.41, 5.74) is 8.79. The Morgan fingerprint density at radius 2 is 1.95 bits per heavy atom. The van der Waals surface area contributed by atoms with Gasteiger partial charge in [-0.05, 0) is 50.3 Å². The Labute approximate surface area is 120 Å². The lowest BCUT2D eigenvalue weighted by atomic mass is 9.88. The van der Waals surface area contributed by atoms with E-state index in [1.807, 2.05) is 26.8 Å². The quantitative estimate of drug-likeness (QED) is 0.874. The van der Waals surface area contributed by atoms with Crippen molar-refractivity contribution in [1.82, 2.24) is 0 Å². The summed E-state index contributed by atoms with van der Waals surface area (Å²) in [6.45, 7) is 7.82. The molecular weight excluding hydrogens is 262 g/mol. The minimum Gasteiger partial charge on any atom is -0.496 e. The van der Waals surface area contributed by atoms with Gasteiger partial charge in [-0.25, -0.2) is 0 Å². The van der Waals surface area contributed by atoms with E-state index in [9.17, 15) is 5.11 Å². The Morgan fingerprint density at radius 1 is 1.37 bits per heavy atom. The summed E-state index contributed by atoms with van der Waals surface area (Å²) < 4.78 is 5.45. The van der Waals surface area contributed by atoms with Gasteiger partial charge in [-0.15, -0.1) is 0 Å². The lowest BCUT2D eigenvalue weighted by molar-refractivity contribution is 0.134. The number of halogens is 1. The van der Waals surface area contributed by atoms with E-state index in [1.54, 1.807) is 7.11 Å². The second kappa shape index (κ2) is 6.60. The van der Waals surface area contributed by atoms with Gasteiger partial charge in [-0.2, -0.15) is 0 Å². The molecule has 0 amide bonds. The van der Waals surface area contributed by atoms with Crippen molar-refractivity contribution in [1.29, 1.82) is 0 Å². The summed E-state index contributed by atoms with van der Waals surface area (Å²) >= 11 is 6.31. The molecule has 1 rings (SSSR count). The number of rotatable bonds is 5. The Morgan fingerprint density at radius 3 is 2.42 bits per heavy atom. The van der Waals surface area contributed by atoms with Crippen LogP contribution >= 0.6 is 11.6 Å². The van der Waals surface area contributed by atoms with Crippen LogP contribution in [0.4, 0.5) is 0 Å². The van der Waals surface area contributed by atoms with E-state index in [-0.39, 0.29) is 12.0 Å². The molecule has 4 heteroatoms. The molecule has 3 nitrogen and oxygen atoms in total. The maximum atomic E-state index is 9.94. The highest BCUT2D eigenvalue weighted by Crippen LogP contribution is 2.38. The topological polar surface area (TPSA) is 55.5 Å². The van der Waals surface area contributed by atoms with Crippen LogP contribution in [0, 0.1) is 13.8 Å². The van der Waals surface area contributed by atoms with E-state index in [0.717, 1.165) is 27.5 Å². The van der Waals surface area contributed by atoms with Crippen LogP contribution in [-0.4, -0.2) is 24.4 Å². The molecule has 0 fully saturated rings. The number of hydrogen-bond donors (Lipinski definition) is 2. The molecule has 0 aromatic heterocycles. The monoisotopic (exact) mass is 285 g/mol. The van der Waals surface area contributed by atoms with E-state index in [4.69, 9.17) is 22.1 Å². The fourth-order valence-electron chi connectivity index (χ4n) is 2.41. The summed E-state index contributed by atoms with van der Waals surface area (Å²) in [6, 6.07) is 1.70. The molecule has 19 heavy (non-hydrogen) atoms. The van der Waals surface area contributed by atoms with E-state index in [2.05, 4.69) is 6.92 Å². The summed E-state index contributed by atoms with van der Waals surface area (Å²) in [4.78, 5) is 0. The molecule has 0 heterocycles. The normalized spacial score (nSPS) is 16.0. The van der Waals surface area contributed by atoms with E-state index < -0.39 is 6.10 Å². The summed E-state index contributed by atoms with van der Waals surface area (Å²) in [5.74, 6) is 0.956. The molecule has 0 aliphatic carbocycles. The van der Waals surface area contributed by atoms with Crippen LogP contribution in [-0.2, 0) is 0 Å². The van der Waals surface area contributed by atoms with E-state index in [0.29, 0.717) is 6.42 Å². The molecule has 0 bridgehead atoms. The minimum absolute atomic E-state index is 0.133. The SMILES string of the molecule is COc1cc(C)c(Cl)c(C)c1C(C)CC(O)C(C)N. The number of methoxy groups -OCH3 is 1. The highest BCUT2D eigenvalue weighted by molar-refractivity contribution is 6.32. The smallest absolute Gasteiger partial charge is 0.122 e. The largest absolute Gasteiger partial charge is 0.496 e. The molecule has 0 saturated carbocycles. The molecule has 108 valence electrons. The molecule has 3 N–H and O–H groups in total. The van der Waals surface area contributed by atoms with Crippen molar-refractivity contribution < 1.29 is 9.84 Å². The maximum absolute atomic E-state index is 9.94. The molecular formula is C15H24ClNO2. The summed E-state index contributed by atoms with van der Waals surface area (Å²) in [6.07, 6.45) is 0.0630. The van der Waals surface area contributed by atoms with Gasteiger partial charge in [0.2, 0.25) is 0 Å². The lowest BCUT2D eigenvalue weighted by Crippen LogP contribution is -2.32. The van der Waals surface area contributed by atoms with Crippen molar-refractivity contribution in [3.8, 4) is 5.75 Å². The van der Waals surface area contributed by atoms with Crippen molar-refractivity contribution in [3.05, 3.63) is 27.8 Å². The zero-order valence-electron chi connectivity index (χ0n) is 12.3. The Kier molecular flexibility index (Phi) is 5.65. The van der Waals surface area contributed by atoms with Crippen LogP contribution in [0.5, 0.6) is 5.75 Å². The third-order valence-corrected chi connectivity index (χ3v) is 4.19.